The van der Waals surface area contributed by atoms with E-state index in [0.29, 0.717) is 17.0 Å². The van der Waals surface area contributed by atoms with E-state index in [-0.39, 0.29) is 18.6 Å². The fraction of sp³-hybridized carbons (Fsp3) is 0.333. The van der Waals surface area contributed by atoms with E-state index in [4.69, 9.17) is 15.2 Å². The summed E-state index contributed by atoms with van der Waals surface area (Å²) in [7, 11) is 2.12. The van der Waals surface area contributed by atoms with Crippen LogP contribution in [0.25, 0.3) is 0 Å². The first-order valence-electron chi connectivity index (χ1n) is 9.27. The van der Waals surface area contributed by atoms with Crippen molar-refractivity contribution in [1.29, 1.82) is 0 Å². The first-order valence-corrected chi connectivity index (χ1v) is 9.27. The minimum absolute atomic E-state index is 0.232. The zero-order chi connectivity index (χ0) is 19.9. The molecule has 0 bridgehead atoms. The first kappa shape index (κ1) is 19.7. The quantitative estimate of drug-likeness (QED) is 0.765. The summed E-state index contributed by atoms with van der Waals surface area (Å²) in [5, 5.41) is 2.84. The third-order valence-corrected chi connectivity index (χ3v) is 4.56. The summed E-state index contributed by atoms with van der Waals surface area (Å²) < 4.78 is 11.2. The molecule has 1 aliphatic rings. The normalized spacial score (nSPS) is 15.0. The zero-order valence-corrected chi connectivity index (χ0v) is 15.9. The number of hydrogen-bond acceptors (Lipinski definition) is 5. The molecule has 1 saturated heterocycles. The van der Waals surface area contributed by atoms with Crippen molar-refractivity contribution < 1.29 is 19.1 Å². The van der Waals surface area contributed by atoms with Crippen molar-refractivity contribution in [3.05, 3.63) is 54.1 Å². The highest BCUT2D eigenvalue weighted by Crippen LogP contribution is 2.21. The van der Waals surface area contributed by atoms with Gasteiger partial charge in [0.2, 0.25) is 0 Å². The van der Waals surface area contributed by atoms with Gasteiger partial charge in [0.05, 0.1) is 0 Å². The van der Waals surface area contributed by atoms with Crippen LogP contribution in [0.15, 0.2) is 48.5 Å². The van der Waals surface area contributed by atoms with Crippen molar-refractivity contribution in [2.75, 3.05) is 32.1 Å². The van der Waals surface area contributed by atoms with E-state index < -0.39 is 5.91 Å². The number of carbonyl (C=O) groups is 2. The van der Waals surface area contributed by atoms with Crippen LogP contribution in [0, 0.1) is 0 Å². The van der Waals surface area contributed by atoms with Gasteiger partial charge in [0.15, 0.2) is 6.61 Å². The summed E-state index contributed by atoms with van der Waals surface area (Å²) in [6, 6.07) is 13.9. The summed E-state index contributed by atoms with van der Waals surface area (Å²) in [4.78, 5) is 25.5. The van der Waals surface area contributed by atoms with E-state index in [2.05, 4.69) is 17.3 Å². The van der Waals surface area contributed by atoms with Crippen LogP contribution in [0.2, 0.25) is 0 Å². The van der Waals surface area contributed by atoms with E-state index >= 15 is 0 Å². The molecular weight excluding hydrogens is 358 g/mol. The maximum absolute atomic E-state index is 12.4. The molecule has 1 fully saturated rings. The topological polar surface area (TPSA) is 93.9 Å². The molecule has 0 saturated carbocycles. The highest BCUT2D eigenvalue weighted by atomic mass is 16.5. The SMILES string of the molecule is CN1CCC(Oc2ccc(NC(=O)c3cccc(OCC(N)=O)c3)cc2)CC1. The molecule has 2 amide bonds. The fourth-order valence-electron chi connectivity index (χ4n) is 3.00. The first-order chi connectivity index (χ1) is 13.5. The van der Waals surface area contributed by atoms with Crippen molar-refractivity contribution in [2.45, 2.75) is 18.9 Å². The van der Waals surface area contributed by atoms with Gasteiger partial charge < -0.3 is 25.4 Å². The Hall–Kier alpha value is -3.06. The van der Waals surface area contributed by atoms with Crippen LogP contribution < -0.4 is 20.5 Å². The largest absolute Gasteiger partial charge is 0.490 e. The van der Waals surface area contributed by atoms with Crippen LogP contribution in [-0.2, 0) is 4.79 Å². The van der Waals surface area contributed by atoms with E-state index in [9.17, 15) is 9.59 Å². The van der Waals surface area contributed by atoms with Crippen molar-refractivity contribution in [3.8, 4) is 11.5 Å². The predicted octanol–water partition coefficient (Wildman–Crippen LogP) is 2.28. The Morgan fingerprint density at radius 1 is 1.11 bits per heavy atom. The molecule has 0 aromatic heterocycles. The fourth-order valence-corrected chi connectivity index (χ4v) is 3.00. The summed E-state index contributed by atoms with van der Waals surface area (Å²) in [5.41, 5.74) is 6.16. The lowest BCUT2D eigenvalue weighted by Crippen LogP contribution is -2.35. The zero-order valence-electron chi connectivity index (χ0n) is 15.9. The van der Waals surface area contributed by atoms with E-state index in [0.717, 1.165) is 31.7 Å². The highest BCUT2D eigenvalue weighted by Gasteiger charge is 2.18. The summed E-state index contributed by atoms with van der Waals surface area (Å²) >= 11 is 0. The molecule has 148 valence electrons. The van der Waals surface area contributed by atoms with Gasteiger partial charge in [0, 0.05) is 24.3 Å². The number of nitrogens with zero attached hydrogens (tertiary/aromatic N) is 1. The molecule has 7 nitrogen and oxygen atoms in total. The van der Waals surface area contributed by atoms with Crippen LogP contribution in [0.5, 0.6) is 11.5 Å². The lowest BCUT2D eigenvalue weighted by Gasteiger charge is -2.29. The number of hydrogen-bond donors (Lipinski definition) is 2. The molecule has 3 rings (SSSR count). The molecule has 0 spiro atoms. The van der Waals surface area contributed by atoms with Crippen molar-refractivity contribution in [1.82, 2.24) is 4.90 Å². The number of rotatable bonds is 7. The maximum atomic E-state index is 12.4. The molecule has 0 aliphatic carbocycles. The number of ether oxygens (including phenoxy) is 2. The van der Waals surface area contributed by atoms with Crippen molar-refractivity contribution >= 4 is 17.5 Å². The van der Waals surface area contributed by atoms with E-state index in [1.807, 2.05) is 24.3 Å². The van der Waals surface area contributed by atoms with Gasteiger partial charge >= 0.3 is 0 Å². The number of piperidine rings is 1. The van der Waals surface area contributed by atoms with Crippen LogP contribution in [0.1, 0.15) is 23.2 Å². The van der Waals surface area contributed by atoms with Crippen LogP contribution >= 0.6 is 0 Å². The molecule has 28 heavy (non-hydrogen) atoms. The van der Waals surface area contributed by atoms with Gasteiger partial charge in [0.1, 0.15) is 17.6 Å². The van der Waals surface area contributed by atoms with Gasteiger partial charge in [-0.2, -0.15) is 0 Å². The van der Waals surface area contributed by atoms with Gasteiger partial charge in [-0.1, -0.05) is 6.07 Å². The number of anilines is 1. The summed E-state index contributed by atoms with van der Waals surface area (Å²) in [6.07, 6.45) is 2.27. The van der Waals surface area contributed by atoms with E-state index in [1.165, 1.54) is 0 Å². The smallest absolute Gasteiger partial charge is 0.255 e. The second-order valence-electron chi connectivity index (χ2n) is 6.88. The number of nitrogens with two attached hydrogens (primary N) is 1. The third kappa shape index (κ3) is 5.72. The number of benzene rings is 2. The minimum Gasteiger partial charge on any atom is -0.490 e. The number of amides is 2. The average molecular weight is 383 g/mol. The van der Waals surface area contributed by atoms with Gasteiger partial charge in [-0.3, -0.25) is 9.59 Å². The predicted molar refractivity (Wildman–Crippen MR) is 107 cm³/mol. The second kappa shape index (κ2) is 9.23. The molecular formula is C21H25N3O4. The Labute approximate surface area is 164 Å². The van der Waals surface area contributed by atoms with E-state index in [1.54, 1.807) is 24.3 Å². The monoisotopic (exact) mass is 383 g/mol. The highest BCUT2D eigenvalue weighted by molar-refractivity contribution is 6.04. The van der Waals surface area contributed by atoms with Crippen LogP contribution in [0.4, 0.5) is 5.69 Å². The molecule has 1 aliphatic heterocycles. The minimum atomic E-state index is -0.572. The second-order valence-corrected chi connectivity index (χ2v) is 6.88. The Kier molecular flexibility index (Phi) is 6.49. The number of nitrogens with one attached hydrogen (secondary N) is 1. The number of likely N-dealkylation sites (tertiary alicyclic amines) is 1. The average Bonchev–Trinajstić information content (AvgIpc) is 2.70. The van der Waals surface area contributed by atoms with Gasteiger partial charge in [-0.25, -0.2) is 0 Å². The summed E-state index contributed by atoms with van der Waals surface area (Å²) in [5.74, 6) is 0.369. The molecule has 7 heteroatoms. The number of primary amides is 1. The van der Waals surface area contributed by atoms with Crippen LogP contribution in [0.3, 0.4) is 0 Å². The lowest BCUT2D eigenvalue weighted by molar-refractivity contribution is -0.119. The maximum Gasteiger partial charge on any atom is 0.255 e. The number of carbonyl (C=O) groups excluding carboxylic acids is 2. The molecule has 2 aromatic rings. The molecule has 0 atom stereocenters. The van der Waals surface area contributed by atoms with Gasteiger partial charge in [-0.15, -0.1) is 0 Å². The molecule has 0 unspecified atom stereocenters. The summed E-state index contributed by atoms with van der Waals surface area (Å²) in [6.45, 7) is 1.85. The molecule has 3 N–H and O–H groups in total. The van der Waals surface area contributed by atoms with Gasteiger partial charge in [-0.05, 0) is 62.4 Å². The Balaban J connectivity index is 1.55. The van der Waals surface area contributed by atoms with Crippen LogP contribution in [-0.4, -0.2) is 49.6 Å². The van der Waals surface area contributed by atoms with Crippen molar-refractivity contribution in [3.63, 3.8) is 0 Å². The third-order valence-electron chi connectivity index (χ3n) is 4.56. The molecule has 2 aromatic carbocycles. The Bertz CT molecular complexity index is 815. The van der Waals surface area contributed by atoms with Crippen molar-refractivity contribution in [2.24, 2.45) is 5.73 Å². The lowest BCUT2D eigenvalue weighted by atomic mass is 10.1. The molecule has 1 heterocycles. The van der Waals surface area contributed by atoms with Gasteiger partial charge in [0.25, 0.3) is 11.8 Å². The Morgan fingerprint density at radius 2 is 1.82 bits per heavy atom. The Morgan fingerprint density at radius 3 is 2.50 bits per heavy atom. The standard InChI is InChI=1S/C21H25N3O4/c1-24-11-9-18(10-12-24)28-17-7-5-16(6-8-17)23-21(26)15-3-2-4-19(13-15)27-14-20(22)25/h2-8,13,18H,9-12,14H2,1H3,(H2,22,25)(H,23,26). The molecule has 0 radical (unpaired) electrons.